The average Bonchev–Trinajstić information content (AvgIpc) is 3.63. The third-order valence-corrected chi connectivity index (χ3v) is 11.3. The zero-order valence-electron chi connectivity index (χ0n) is 24.5. The average molecular weight is 565 g/mol. The summed E-state index contributed by atoms with van der Waals surface area (Å²) in [5.74, 6) is 0.583. The van der Waals surface area contributed by atoms with Crippen molar-refractivity contribution in [2.45, 2.75) is 81.8 Å². The molecule has 1 aromatic carbocycles. The number of hydrogen-bond acceptors (Lipinski definition) is 7. The Morgan fingerprint density at radius 2 is 1.54 bits per heavy atom. The summed E-state index contributed by atoms with van der Waals surface area (Å²) in [7, 11) is 1.29. The van der Waals surface area contributed by atoms with Crippen molar-refractivity contribution in [2.75, 3.05) is 67.1 Å². The van der Waals surface area contributed by atoms with E-state index in [2.05, 4.69) is 9.80 Å². The molecule has 1 aliphatic carbocycles. The number of carbonyl (C=O) groups is 1. The van der Waals surface area contributed by atoms with E-state index in [-0.39, 0.29) is 36.6 Å². The molecular weight excluding hydrogens is 516 g/mol. The lowest BCUT2D eigenvalue weighted by molar-refractivity contribution is -0.136. The largest absolute Gasteiger partial charge is 0.497 e. The van der Waals surface area contributed by atoms with Gasteiger partial charge in [-0.15, -0.1) is 0 Å². The number of benzene rings is 1. The molecule has 10 heteroatoms. The minimum absolute atomic E-state index is 0.0393. The molecular formula is C29H48N4O5S. The first-order valence-corrected chi connectivity index (χ1v) is 16.0. The van der Waals surface area contributed by atoms with Crippen LogP contribution in [0.25, 0.3) is 0 Å². The highest BCUT2D eigenvalue weighted by Crippen LogP contribution is 2.31. The van der Waals surface area contributed by atoms with Crippen LogP contribution in [0, 0.1) is 13.8 Å². The number of aryl methyl sites for hydroxylation is 2. The fourth-order valence-electron chi connectivity index (χ4n) is 6.68. The third-order valence-electron chi connectivity index (χ3n) is 9.09. The van der Waals surface area contributed by atoms with Crippen LogP contribution in [-0.4, -0.2) is 119 Å². The van der Waals surface area contributed by atoms with E-state index in [0.717, 1.165) is 25.6 Å². The maximum absolute atomic E-state index is 13.2. The third kappa shape index (κ3) is 7.14. The summed E-state index contributed by atoms with van der Waals surface area (Å²) in [6.07, 6.45) is 8.84. The maximum Gasteiger partial charge on any atom is 0.248 e. The van der Waals surface area contributed by atoms with Gasteiger partial charge in [0, 0.05) is 51.9 Å². The Morgan fingerprint density at radius 1 is 0.949 bits per heavy atom. The zero-order valence-corrected chi connectivity index (χ0v) is 25.3. The highest BCUT2D eigenvalue weighted by Gasteiger charge is 2.35. The van der Waals surface area contributed by atoms with E-state index in [1.807, 2.05) is 11.9 Å². The molecule has 0 bridgehead atoms. The summed E-state index contributed by atoms with van der Waals surface area (Å²) in [4.78, 5) is 20.3. The van der Waals surface area contributed by atoms with Crippen LogP contribution in [0.5, 0.6) is 5.75 Å². The van der Waals surface area contributed by atoms with Crippen LogP contribution in [-0.2, 0) is 19.6 Å². The first kappa shape index (κ1) is 30.2. The number of nitrogens with zero attached hydrogens (tertiary/aromatic N) is 4. The van der Waals surface area contributed by atoms with Crippen molar-refractivity contribution in [2.24, 2.45) is 0 Å². The predicted molar refractivity (Wildman–Crippen MR) is 153 cm³/mol. The van der Waals surface area contributed by atoms with Crippen LogP contribution in [0.3, 0.4) is 0 Å². The molecule has 1 saturated carbocycles. The van der Waals surface area contributed by atoms with Gasteiger partial charge in [0.05, 0.1) is 18.6 Å². The van der Waals surface area contributed by atoms with E-state index in [9.17, 15) is 13.2 Å². The van der Waals surface area contributed by atoms with Crippen molar-refractivity contribution in [3.8, 4) is 5.75 Å². The molecule has 0 N–H and O–H groups in total. The normalized spacial score (nSPS) is 24.9. The summed E-state index contributed by atoms with van der Waals surface area (Å²) < 4.78 is 38.5. The molecule has 2 saturated heterocycles. The monoisotopic (exact) mass is 564 g/mol. The molecule has 1 atom stereocenters. The van der Waals surface area contributed by atoms with Crippen LogP contribution >= 0.6 is 0 Å². The molecule has 0 unspecified atom stereocenters. The minimum Gasteiger partial charge on any atom is -0.497 e. The minimum atomic E-state index is -3.69. The quantitative estimate of drug-likeness (QED) is 0.382. The highest BCUT2D eigenvalue weighted by atomic mass is 32.2. The molecule has 0 radical (unpaired) electrons. The van der Waals surface area contributed by atoms with Gasteiger partial charge in [0.15, 0.2) is 0 Å². The van der Waals surface area contributed by atoms with Crippen LogP contribution in [0.4, 0.5) is 0 Å². The molecule has 2 heterocycles. The Hall–Kier alpha value is -1.72. The number of likely N-dealkylation sites (N-methyl/N-ethyl adjacent to an activating group) is 2. The molecule has 3 aliphatic rings. The standard InChI is InChI=1S/C29H48N4O5S/c1-22-18-27(37-5)19-23(2)29(22)39(35,36)30(3)16-17-38-21-28(34)31(4)26-12-15-33(20-26)25-10-8-24(9-11-25)32-13-6-7-14-32/h18-19,24-26H,6-17,20-21H2,1-5H3/t24-,25+,26-/m1/s1. The number of rotatable bonds is 11. The molecule has 2 aliphatic heterocycles. The van der Waals surface area contributed by atoms with Crippen LogP contribution in [0.1, 0.15) is 56.1 Å². The molecule has 3 fully saturated rings. The van der Waals surface area contributed by atoms with Crippen molar-refractivity contribution < 1.29 is 22.7 Å². The van der Waals surface area contributed by atoms with Crippen molar-refractivity contribution in [1.82, 2.24) is 19.0 Å². The predicted octanol–water partition coefficient (Wildman–Crippen LogP) is 2.89. The van der Waals surface area contributed by atoms with Gasteiger partial charge in [-0.2, -0.15) is 4.31 Å². The number of hydrogen-bond donors (Lipinski definition) is 0. The summed E-state index contributed by atoms with van der Waals surface area (Å²) in [6, 6.07) is 5.08. The van der Waals surface area contributed by atoms with Gasteiger partial charge in [-0.3, -0.25) is 9.69 Å². The van der Waals surface area contributed by atoms with Crippen molar-refractivity contribution >= 4 is 15.9 Å². The molecule has 0 spiro atoms. The number of methoxy groups -OCH3 is 1. The first-order valence-electron chi connectivity index (χ1n) is 14.5. The zero-order chi connectivity index (χ0) is 28.2. The second-order valence-corrected chi connectivity index (χ2v) is 13.6. The Balaban J connectivity index is 1.18. The molecule has 1 amide bonds. The lowest BCUT2D eigenvalue weighted by Crippen LogP contribution is -2.45. The fraction of sp³-hybridized carbons (Fsp3) is 0.759. The smallest absolute Gasteiger partial charge is 0.248 e. The molecule has 4 rings (SSSR count). The number of carbonyl (C=O) groups excluding carboxylic acids is 1. The summed E-state index contributed by atoms with van der Waals surface area (Å²) in [5, 5.41) is 0. The Morgan fingerprint density at radius 3 is 2.13 bits per heavy atom. The van der Waals surface area contributed by atoms with E-state index in [1.165, 1.54) is 55.9 Å². The molecule has 0 aromatic heterocycles. The van der Waals surface area contributed by atoms with Gasteiger partial charge in [0.1, 0.15) is 12.4 Å². The molecule has 1 aromatic rings. The summed E-state index contributed by atoms with van der Waals surface area (Å²) in [5.41, 5.74) is 1.28. The van der Waals surface area contributed by atoms with Crippen LogP contribution in [0.15, 0.2) is 17.0 Å². The Kier molecular flexibility index (Phi) is 10.3. The van der Waals surface area contributed by atoms with Crippen molar-refractivity contribution in [3.05, 3.63) is 23.3 Å². The molecule has 9 nitrogen and oxygen atoms in total. The van der Waals surface area contributed by atoms with Crippen LogP contribution < -0.4 is 4.74 Å². The fourth-order valence-corrected chi connectivity index (χ4v) is 8.24. The van der Waals surface area contributed by atoms with Gasteiger partial charge in [0.25, 0.3) is 0 Å². The van der Waals surface area contributed by atoms with Gasteiger partial charge in [0.2, 0.25) is 15.9 Å². The highest BCUT2D eigenvalue weighted by molar-refractivity contribution is 7.89. The van der Waals surface area contributed by atoms with E-state index in [4.69, 9.17) is 9.47 Å². The maximum atomic E-state index is 13.2. The lowest BCUT2D eigenvalue weighted by atomic mass is 9.89. The van der Waals surface area contributed by atoms with Crippen molar-refractivity contribution in [1.29, 1.82) is 0 Å². The first-order chi connectivity index (χ1) is 18.6. The lowest BCUT2D eigenvalue weighted by Gasteiger charge is -2.38. The van der Waals surface area contributed by atoms with Gasteiger partial charge in [-0.1, -0.05) is 0 Å². The van der Waals surface area contributed by atoms with Gasteiger partial charge in [-0.05, 0) is 95.1 Å². The summed E-state index contributed by atoms with van der Waals surface area (Å²) in [6.45, 7) is 8.37. The Bertz CT molecular complexity index is 1060. The van der Waals surface area contributed by atoms with Crippen molar-refractivity contribution in [3.63, 3.8) is 0 Å². The van der Waals surface area contributed by atoms with Gasteiger partial charge >= 0.3 is 0 Å². The number of sulfonamides is 1. The molecule has 220 valence electrons. The molecule has 39 heavy (non-hydrogen) atoms. The number of ether oxygens (including phenoxy) is 2. The second-order valence-electron chi connectivity index (χ2n) is 11.6. The van der Waals surface area contributed by atoms with E-state index in [1.54, 1.807) is 40.1 Å². The van der Waals surface area contributed by atoms with Gasteiger partial charge < -0.3 is 19.3 Å². The van der Waals surface area contributed by atoms with Crippen LogP contribution in [0.2, 0.25) is 0 Å². The van der Waals surface area contributed by atoms with E-state index in [0.29, 0.717) is 22.9 Å². The van der Waals surface area contributed by atoms with E-state index >= 15 is 0 Å². The number of amides is 1. The SMILES string of the molecule is COc1cc(C)c(S(=O)(=O)N(C)CCOCC(=O)N(C)[C@@H]2CCN([C@H]3CC[C@@H](N4CCCC4)CC3)C2)c(C)c1. The topological polar surface area (TPSA) is 82.6 Å². The number of likely N-dealkylation sites (tertiary alicyclic amines) is 2. The second kappa shape index (κ2) is 13.3. The van der Waals surface area contributed by atoms with Gasteiger partial charge in [-0.25, -0.2) is 8.42 Å². The van der Waals surface area contributed by atoms with E-state index < -0.39 is 10.0 Å². The Labute approximate surface area is 235 Å². The summed E-state index contributed by atoms with van der Waals surface area (Å²) >= 11 is 0.